The van der Waals surface area contributed by atoms with Crippen molar-refractivity contribution in [2.24, 2.45) is 5.73 Å². The molecule has 0 radical (unpaired) electrons. The number of ether oxygens (including phenoxy) is 1. The molecule has 2 aliphatic rings. The molecule has 1 aromatic carbocycles. The number of carbonyl (C=O) groups excluding carboxylic acids is 1. The summed E-state index contributed by atoms with van der Waals surface area (Å²) in [5.41, 5.74) is 7.73. The highest BCUT2D eigenvalue weighted by Crippen LogP contribution is 2.32. The second-order valence-electron chi connectivity index (χ2n) is 6.47. The minimum absolute atomic E-state index is 0.0277. The number of carbonyl (C=O) groups is 1. The van der Waals surface area contributed by atoms with E-state index in [1.165, 1.54) is 31.2 Å². The highest BCUT2D eigenvalue weighted by molar-refractivity contribution is 7.99. The topological polar surface area (TPSA) is 64.4 Å². The van der Waals surface area contributed by atoms with Crippen LogP contribution in [0.25, 0.3) is 0 Å². The zero-order chi connectivity index (χ0) is 16.1. The molecule has 1 aliphatic heterocycles. The molecular weight excluding hydrogens is 308 g/mol. The normalized spacial score (nSPS) is 24.9. The van der Waals surface area contributed by atoms with Crippen LogP contribution < -0.4 is 11.1 Å². The number of thioether (sulfide) groups is 1. The van der Waals surface area contributed by atoms with E-state index in [1.54, 1.807) is 0 Å². The molecule has 1 heterocycles. The van der Waals surface area contributed by atoms with E-state index in [9.17, 15) is 4.79 Å². The van der Waals surface area contributed by atoms with E-state index in [-0.39, 0.29) is 18.1 Å². The monoisotopic (exact) mass is 334 g/mol. The lowest BCUT2D eigenvalue weighted by molar-refractivity contribution is -0.126. The van der Waals surface area contributed by atoms with Gasteiger partial charge in [0, 0.05) is 23.2 Å². The van der Waals surface area contributed by atoms with Crippen molar-refractivity contribution < 1.29 is 9.53 Å². The molecule has 1 saturated carbocycles. The average Bonchev–Trinajstić information content (AvgIpc) is 3.25. The molecule has 0 aromatic heterocycles. The standard InChI is InChI=1S/C18H26N2O2S/c19-11-15-8-9-17(22-15)18(21)20-14-5-3-4-13(10-14)12-23-16-6-1-2-7-16/h3-5,10,15-17H,1-2,6-9,11-12,19H2,(H,20,21)/t15-,17+/m1/s1. The predicted octanol–water partition coefficient (Wildman–Crippen LogP) is 3.31. The molecular formula is C18H26N2O2S. The van der Waals surface area contributed by atoms with Crippen LogP contribution in [0.5, 0.6) is 0 Å². The van der Waals surface area contributed by atoms with Gasteiger partial charge in [0.05, 0.1) is 6.10 Å². The number of anilines is 1. The van der Waals surface area contributed by atoms with Crippen LogP contribution in [-0.4, -0.2) is 29.9 Å². The second-order valence-corrected chi connectivity index (χ2v) is 7.76. The Balaban J connectivity index is 1.51. The first-order valence-electron chi connectivity index (χ1n) is 8.61. The van der Waals surface area contributed by atoms with Gasteiger partial charge in [-0.25, -0.2) is 0 Å². The maximum atomic E-state index is 12.3. The largest absolute Gasteiger partial charge is 0.364 e. The van der Waals surface area contributed by atoms with Crippen molar-refractivity contribution in [2.45, 2.75) is 61.7 Å². The molecule has 23 heavy (non-hydrogen) atoms. The predicted molar refractivity (Wildman–Crippen MR) is 95.6 cm³/mol. The molecule has 1 amide bonds. The molecule has 0 spiro atoms. The third kappa shape index (κ3) is 4.72. The van der Waals surface area contributed by atoms with Crippen LogP contribution in [0.15, 0.2) is 24.3 Å². The summed E-state index contributed by atoms with van der Waals surface area (Å²) in [6.07, 6.45) is 6.74. The zero-order valence-corrected chi connectivity index (χ0v) is 14.3. The minimum Gasteiger partial charge on any atom is -0.364 e. The second kappa shape index (κ2) is 8.18. The SMILES string of the molecule is NC[C@H]1CC[C@@H](C(=O)Nc2cccc(CSC3CCCC3)c2)O1. The van der Waals surface area contributed by atoms with Crippen LogP contribution in [-0.2, 0) is 15.3 Å². The molecule has 5 heteroatoms. The fraction of sp³-hybridized carbons (Fsp3) is 0.611. The van der Waals surface area contributed by atoms with E-state index >= 15 is 0 Å². The molecule has 2 fully saturated rings. The number of nitrogens with two attached hydrogens (primary N) is 1. The molecule has 1 saturated heterocycles. The third-order valence-electron chi connectivity index (χ3n) is 4.65. The van der Waals surface area contributed by atoms with E-state index < -0.39 is 0 Å². The summed E-state index contributed by atoms with van der Waals surface area (Å²) in [6.45, 7) is 0.484. The van der Waals surface area contributed by atoms with Crippen molar-refractivity contribution in [1.29, 1.82) is 0 Å². The molecule has 0 unspecified atom stereocenters. The summed E-state index contributed by atoms with van der Waals surface area (Å²) in [6, 6.07) is 8.17. The van der Waals surface area contributed by atoms with Gasteiger partial charge in [0.15, 0.2) is 0 Å². The summed E-state index contributed by atoms with van der Waals surface area (Å²) >= 11 is 2.04. The average molecular weight is 334 g/mol. The lowest BCUT2D eigenvalue weighted by Crippen LogP contribution is -2.29. The van der Waals surface area contributed by atoms with E-state index in [1.807, 2.05) is 23.9 Å². The van der Waals surface area contributed by atoms with Crippen molar-refractivity contribution in [2.75, 3.05) is 11.9 Å². The van der Waals surface area contributed by atoms with Crippen molar-refractivity contribution in [3.8, 4) is 0 Å². The van der Waals surface area contributed by atoms with E-state index in [2.05, 4.69) is 17.4 Å². The number of hydrogen-bond donors (Lipinski definition) is 2. The molecule has 126 valence electrons. The Kier molecular flexibility index (Phi) is 5.97. The van der Waals surface area contributed by atoms with Gasteiger partial charge < -0.3 is 15.8 Å². The van der Waals surface area contributed by atoms with E-state index in [4.69, 9.17) is 10.5 Å². The highest BCUT2D eigenvalue weighted by atomic mass is 32.2. The van der Waals surface area contributed by atoms with Gasteiger partial charge in [-0.3, -0.25) is 4.79 Å². The van der Waals surface area contributed by atoms with Crippen LogP contribution >= 0.6 is 11.8 Å². The Labute approximate surface area is 142 Å². The lowest BCUT2D eigenvalue weighted by atomic mass is 10.1. The Morgan fingerprint density at radius 2 is 2.09 bits per heavy atom. The van der Waals surface area contributed by atoms with E-state index in [0.29, 0.717) is 6.54 Å². The van der Waals surface area contributed by atoms with Gasteiger partial charge in [-0.05, 0) is 43.4 Å². The van der Waals surface area contributed by atoms with Crippen LogP contribution in [0.3, 0.4) is 0 Å². The van der Waals surface area contributed by atoms with Crippen molar-refractivity contribution in [1.82, 2.24) is 0 Å². The first-order valence-corrected chi connectivity index (χ1v) is 9.66. The number of amides is 1. The van der Waals surface area contributed by atoms with Gasteiger partial charge >= 0.3 is 0 Å². The van der Waals surface area contributed by atoms with E-state index in [0.717, 1.165) is 29.5 Å². The van der Waals surface area contributed by atoms with Gasteiger partial charge in [-0.2, -0.15) is 11.8 Å². The Hall–Kier alpha value is -1.04. The molecule has 2 atom stereocenters. The first kappa shape index (κ1) is 16.8. The fourth-order valence-electron chi connectivity index (χ4n) is 3.30. The Morgan fingerprint density at radius 1 is 1.26 bits per heavy atom. The summed E-state index contributed by atoms with van der Waals surface area (Å²) in [7, 11) is 0. The maximum Gasteiger partial charge on any atom is 0.253 e. The number of benzene rings is 1. The summed E-state index contributed by atoms with van der Waals surface area (Å²) in [5, 5.41) is 3.80. The third-order valence-corrected chi connectivity index (χ3v) is 6.09. The molecule has 1 aliphatic carbocycles. The minimum atomic E-state index is -0.361. The molecule has 4 nitrogen and oxygen atoms in total. The number of rotatable bonds is 6. The maximum absolute atomic E-state index is 12.3. The van der Waals surface area contributed by atoms with Crippen LogP contribution in [0.1, 0.15) is 44.1 Å². The highest BCUT2D eigenvalue weighted by Gasteiger charge is 2.29. The van der Waals surface area contributed by atoms with Crippen LogP contribution in [0.4, 0.5) is 5.69 Å². The zero-order valence-electron chi connectivity index (χ0n) is 13.5. The first-order chi connectivity index (χ1) is 11.2. The van der Waals surface area contributed by atoms with Crippen LogP contribution in [0, 0.1) is 0 Å². The summed E-state index contributed by atoms with van der Waals surface area (Å²) in [5.74, 6) is 0.963. The Morgan fingerprint density at radius 3 is 2.83 bits per heavy atom. The van der Waals surface area contributed by atoms with Crippen molar-refractivity contribution in [3.05, 3.63) is 29.8 Å². The Bertz CT molecular complexity index is 532. The molecule has 0 bridgehead atoms. The van der Waals surface area contributed by atoms with Crippen molar-refractivity contribution in [3.63, 3.8) is 0 Å². The van der Waals surface area contributed by atoms with Gasteiger partial charge in [0.2, 0.25) is 0 Å². The number of hydrogen-bond acceptors (Lipinski definition) is 4. The van der Waals surface area contributed by atoms with Gasteiger partial charge in [0.25, 0.3) is 5.91 Å². The molecule has 1 aromatic rings. The smallest absolute Gasteiger partial charge is 0.253 e. The summed E-state index contributed by atoms with van der Waals surface area (Å²) < 4.78 is 5.65. The quantitative estimate of drug-likeness (QED) is 0.838. The van der Waals surface area contributed by atoms with Crippen LogP contribution in [0.2, 0.25) is 0 Å². The summed E-state index contributed by atoms with van der Waals surface area (Å²) in [4.78, 5) is 12.3. The fourth-order valence-corrected chi connectivity index (χ4v) is 4.58. The lowest BCUT2D eigenvalue weighted by Gasteiger charge is -2.14. The molecule has 3 N–H and O–H groups in total. The van der Waals surface area contributed by atoms with Gasteiger partial charge in [-0.15, -0.1) is 0 Å². The number of nitrogens with one attached hydrogen (secondary N) is 1. The van der Waals surface area contributed by atoms with Crippen molar-refractivity contribution >= 4 is 23.4 Å². The van der Waals surface area contributed by atoms with Gasteiger partial charge in [0.1, 0.15) is 6.10 Å². The van der Waals surface area contributed by atoms with Gasteiger partial charge in [-0.1, -0.05) is 25.0 Å². The molecule has 3 rings (SSSR count).